The smallest absolute Gasteiger partial charge is 0.378 e. The van der Waals surface area contributed by atoms with Gasteiger partial charge in [-0.2, -0.15) is 18.3 Å². The van der Waals surface area contributed by atoms with Crippen molar-refractivity contribution in [2.45, 2.75) is 39.0 Å². The number of amides is 1. The molecule has 38 heavy (non-hydrogen) atoms. The maximum Gasteiger partial charge on any atom is 0.416 e. The predicted molar refractivity (Wildman–Crippen MR) is 133 cm³/mol. The molecule has 10 nitrogen and oxygen atoms in total. The quantitative estimate of drug-likeness (QED) is 0.423. The monoisotopic (exact) mass is 528 g/mol. The molecular weight excluding hydrogens is 501 g/mol. The van der Waals surface area contributed by atoms with Crippen LogP contribution in [-0.2, 0) is 23.0 Å². The summed E-state index contributed by atoms with van der Waals surface area (Å²) in [4.78, 5) is 19.0. The van der Waals surface area contributed by atoms with Crippen LogP contribution in [0.2, 0.25) is 0 Å². The normalized spacial score (nSPS) is 14.7. The molecule has 4 aromatic rings. The maximum atomic E-state index is 14.1. The number of carbonyl (C=O) groups excluding carboxylic acids is 1. The van der Waals surface area contributed by atoms with Gasteiger partial charge in [-0.1, -0.05) is 17.3 Å². The summed E-state index contributed by atoms with van der Waals surface area (Å²) in [6.07, 6.45) is -0.0321. The van der Waals surface area contributed by atoms with E-state index in [4.69, 9.17) is 4.74 Å². The number of nitrogens with zero attached hydrogens (tertiary/aromatic N) is 7. The van der Waals surface area contributed by atoms with Gasteiger partial charge in [0.2, 0.25) is 0 Å². The summed E-state index contributed by atoms with van der Waals surface area (Å²) < 4.78 is 50.8. The fourth-order valence-electron chi connectivity index (χ4n) is 4.24. The molecule has 1 fully saturated rings. The fraction of sp³-hybridized carbons (Fsp3) is 0.400. The van der Waals surface area contributed by atoms with Gasteiger partial charge < -0.3 is 15.0 Å². The van der Waals surface area contributed by atoms with Crippen LogP contribution in [0.15, 0.2) is 43.0 Å². The number of halogens is 3. The Morgan fingerprint density at radius 3 is 2.55 bits per heavy atom. The Hall–Kier alpha value is -4.00. The highest BCUT2D eigenvalue weighted by atomic mass is 19.4. The molecule has 4 heterocycles. The topological polar surface area (TPSA) is 102 Å². The number of fused-ring (bicyclic) bond motifs is 1. The van der Waals surface area contributed by atoms with Crippen molar-refractivity contribution in [2.24, 2.45) is 0 Å². The van der Waals surface area contributed by atoms with Crippen LogP contribution >= 0.6 is 0 Å². The van der Waals surface area contributed by atoms with Gasteiger partial charge in [-0.3, -0.25) is 4.79 Å². The SMILES string of the molecule is CC(C)(C)n1cc(C(=O)NCc2ccc(-c3ncnn4cc(N5CCOCC5)cc34)cc2C(F)(F)F)nn1. The molecular formula is C25H27F3N8O2. The van der Waals surface area contributed by atoms with Crippen molar-refractivity contribution >= 4 is 17.1 Å². The second kappa shape index (κ2) is 9.71. The van der Waals surface area contributed by atoms with Crippen molar-refractivity contribution in [1.82, 2.24) is 34.9 Å². The molecule has 200 valence electrons. The van der Waals surface area contributed by atoms with Crippen molar-refractivity contribution in [1.29, 1.82) is 0 Å². The first-order valence-corrected chi connectivity index (χ1v) is 12.1. The van der Waals surface area contributed by atoms with E-state index in [0.717, 1.165) is 11.8 Å². The lowest BCUT2D eigenvalue weighted by molar-refractivity contribution is -0.138. The van der Waals surface area contributed by atoms with Crippen LogP contribution in [0.4, 0.5) is 18.9 Å². The molecule has 13 heteroatoms. The number of hydrogen-bond acceptors (Lipinski definition) is 7. The van der Waals surface area contributed by atoms with Gasteiger partial charge in [-0.05, 0) is 38.5 Å². The zero-order valence-electron chi connectivity index (χ0n) is 21.2. The first-order valence-electron chi connectivity index (χ1n) is 12.1. The third-order valence-corrected chi connectivity index (χ3v) is 6.31. The van der Waals surface area contributed by atoms with Crippen LogP contribution in [-0.4, -0.2) is 61.8 Å². The molecule has 1 saturated heterocycles. The number of anilines is 1. The zero-order chi connectivity index (χ0) is 27.1. The third kappa shape index (κ3) is 5.19. The molecule has 5 rings (SSSR count). The van der Waals surface area contributed by atoms with E-state index >= 15 is 0 Å². The van der Waals surface area contributed by atoms with Gasteiger partial charge in [-0.15, -0.1) is 5.10 Å². The molecule has 1 N–H and O–H groups in total. The highest BCUT2D eigenvalue weighted by Crippen LogP contribution is 2.36. The summed E-state index contributed by atoms with van der Waals surface area (Å²) in [7, 11) is 0. The first kappa shape index (κ1) is 25.6. The third-order valence-electron chi connectivity index (χ3n) is 6.31. The lowest BCUT2D eigenvalue weighted by atomic mass is 10.0. The van der Waals surface area contributed by atoms with Crippen LogP contribution in [0, 0.1) is 0 Å². The lowest BCUT2D eigenvalue weighted by Gasteiger charge is -2.27. The first-order chi connectivity index (χ1) is 18.0. The molecule has 1 aliphatic rings. The molecule has 1 amide bonds. The Kier molecular flexibility index (Phi) is 6.55. The molecule has 1 aliphatic heterocycles. The summed E-state index contributed by atoms with van der Waals surface area (Å²) in [5, 5.41) is 14.5. The summed E-state index contributed by atoms with van der Waals surface area (Å²) in [6, 6.07) is 5.85. The van der Waals surface area contributed by atoms with E-state index in [-0.39, 0.29) is 23.3 Å². The average Bonchev–Trinajstić information content (AvgIpc) is 3.55. The number of ether oxygens (including phenoxy) is 1. The standard InChI is InChI=1S/C25H27F3N8O2/c1-24(2,3)36-14-20(32-33-36)23(37)29-12-17-5-4-16(10-19(17)25(26,27)28)22-21-11-18(13-35(21)31-15-30-22)34-6-8-38-9-7-34/h4-5,10-11,13-15H,6-9,12H2,1-3H3,(H,29,37). The van der Waals surface area contributed by atoms with Crippen LogP contribution in [0.25, 0.3) is 16.8 Å². The Balaban J connectivity index is 1.42. The van der Waals surface area contributed by atoms with Crippen LogP contribution in [0.1, 0.15) is 42.4 Å². The number of aromatic nitrogens is 6. The van der Waals surface area contributed by atoms with Crippen LogP contribution < -0.4 is 10.2 Å². The minimum absolute atomic E-state index is 0.0257. The minimum Gasteiger partial charge on any atom is -0.378 e. The van der Waals surface area contributed by atoms with E-state index in [1.54, 1.807) is 10.6 Å². The van der Waals surface area contributed by atoms with Crippen molar-refractivity contribution in [3.8, 4) is 11.3 Å². The summed E-state index contributed by atoms with van der Waals surface area (Å²) in [5.74, 6) is -0.612. The highest BCUT2D eigenvalue weighted by Gasteiger charge is 2.34. The number of alkyl halides is 3. The second-order valence-corrected chi connectivity index (χ2v) is 10.0. The minimum atomic E-state index is -4.64. The number of nitrogens with one attached hydrogen (secondary N) is 1. The van der Waals surface area contributed by atoms with Gasteiger partial charge in [0.1, 0.15) is 6.33 Å². The van der Waals surface area contributed by atoms with Crippen molar-refractivity contribution in [2.75, 3.05) is 31.2 Å². The van der Waals surface area contributed by atoms with Crippen molar-refractivity contribution < 1.29 is 22.7 Å². The maximum absolute atomic E-state index is 14.1. The van der Waals surface area contributed by atoms with Gasteiger partial charge in [-0.25, -0.2) is 14.2 Å². The van der Waals surface area contributed by atoms with Crippen LogP contribution in [0.5, 0.6) is 0 Å². The lowest BCUT2D eigenvalue weighted by Crippen LogP contribution is -2.35. The number of benzene rings is 1. The molecule has 0 aliphatic carbocycles. The predicted octanol–water partition coefficient (Wildman–Crippen LogP) is 3.53. The largest absolute Gasteiger partial charge is 0.416 e. The molecule has 0 atom stereocenters. The summed E-state index contributed by atoms with van der Waals surface area (Å²) in [5.41, 5.74) is 0.855. The van der Waals surface area contributed by atoms with E-state index in [1.807, 2.05) is 33.0 Å². The summed E-state index contributed by atoms with van der Waals surface area (Å²) >= 11 is 0. The van der Waals surface area contributed by atoms with Crippen LogP contribution in [0.3, 0.4) is 0 Å². The molecule has 0 bridgehead atoms. The Morgan fingerprint density at radius 2 is 1.87 bits per heavy atom. The zero-order valence-corrected chi connectivity index (χ0v) is 21.2. The van der Waals surface area contributed by atoms with Gasteiger partial charge in [0.15, 0.2) is 5.69 Å². The van der Waals surface area contributed by atoms with Gasteiger partial charge in [0, 0.05) is 25.2 Å². The average molecular weight is 529 g/mol. The summed E-state index contributed by atoms with van der Waals surface area (Å²) in [6.45, 7) is 7.98. The molecule has 1 aromatic carbocycles. The molecule has 0 saturated carbocycles. The Morgan fingerprint density at radius 1 is 1.11 bits per heavy atom. The Labute approximate surface area is 216 Å². The second-order valence-electron chi connectivity index (χ2n) is 10.0. The Bertz CT molecular complexity index is 1470. The molecule has 0 unspecified atom stereocenters. The number of morpholine rings is 1. The van der Waals surface area contributed by atoms with E-state index in [1.165, 1.54) is 23.3 Å². The fourth-order valence-corrected chi connectivity index (χ4v) is 4.24. The number of hydrogen-bond donors (Lipinski definition) is 1. The number of carbonyl (C=O) groups is 1. The van der Waals surface area contributed by atoms with Gasteiger partial charge in [0.05, 0.1) is 53.6 Å². The molecule has 0 spiro atoms. The number of rotatable bonds is 5. The van der Waals surface area contributed by atoms with Gasteiger partial charge >= 0.3 is 6.18 Å². The van der Waals surface area contributed by atoms with E-state index in [0.29, 0.717) is 43.1 Å². The molecule has 3 aromatic heterocycles. The van der Waals surface area contributed by atoms with Crippen molar-refractivity contribution in [3.05, 3.63) is 59.8 Å². The van der Waals surface area contributed by atoms with Gasteiger partial charge in [0.25, 0.3) is 5.91 Å². The van der Waals surface area contributed by atoms with E-state index in [2.05, 4.69) is 30.6 Å². The van der Waals surface area contributed by atoms with E-state index in [9.17, 15) is 18.0 Å². The van der Waals surface area contributed by atoms with E-state index < -0.39 is 17.6 Å². The highest BCUT2D eigenvalue weighted by molar-refractivity contribution is 5.91. The van der Waals surface area contributed by atoms with Crippen molar-refractivity contribution in [3.63, 3.8) is 0 Å². The molecule has 0 radical (unpaired) electrons.